The van der Waals surface area contributed by atoms with Crippen LogP contribution in [0, 0.1) is 6.07 Å². The molecular formula is C30H19N3Pt. The fourth-order valence-electron chi connectivity index (χ4n) is 4.11. The van der Waals surface area contributed by atoms with Gasteiger partial charge in [0.15, 0.2) is 0 Å². The molecule has 6 rings (SSSR count). The molecule has 0 spiro atoms. The molecule has 0 atom stereocenters. The Morgan fingerprint density at radius 3 is 2.21 bits per heavy atom. The zero-order valence-corrected chi connectivity index (χ0v) is 20.4. The maximum atomic E-state index is 4.98. The number of hydrogen-bond acceptors (Lipinski definition) is 2. The van der Waals surface area contributed by atoms with E-state index in [9.17, 15) is 0 Å². The van der Waals surface area contributed by atoms with Gasteiger partial charge in [-0.1, -0.05) is 72.3 Å². The number of pyridine rings is 2. The molecule has 164 valence electrons. The van der Waals surface area contributed by atoms with Gasteiger partial charge in [-0.25, -0.2) is 0 Å². The Balaban J connectivity index is 0.00000241. The minimum Gasteiger partial charge on any atom is -0.663 e. The molecule has 0 aliphatic carbocycles. The van der Waals surface area contributed by atoms with Crippen LogP contribution in [0.3, 0.4) is 0 Å². The van der Waals surface area contributed by atoms with E-state index >= 15 is 0 Å². The Hall–Kier alpha value is -3.81. The molecule has 0 radical (unpaired) electrons. The summed E-state index contributed by atoms with van der Waals surface area (Å²) in [5.74, 6) is 0. The van der Waals surface area contributed by atoms with Crippen molar-refractivity contribution in [2.24, 2.45) is 0 Å². The van der Waals surface area contributed by atoms with Gasteiger partial charge in [0.1, 0.15) is 0 Å². The molecule has 0 saturated heterocycles. The monoisotopic (exact) mass is 616 g/mol. The summed E-state index contributed by atoms with van der Waals surface area (Å²) < 4.78 is 0. The van der Waals surface area contributed by atoms with Crippen LogP contribution in [0.15, 0.2) is 103 Å². The molecule has 0 unspecified atom stereocenters. The van der Waals surface area contributed by atoms with Crippen molar-refractivity contribution in [3.8, 4) is 11.3 Å². The largest absolute Gasteiger partial charge is 2.00 e. The predicted octanol–water partition coefficient (Wildman–Crippen LogP) is 4.86. The van der Waals surface area contributed by atoms with Gasteiger partial charge in [-0.15, -0.1) is 41.3 Å². The molecule has 0 N–H and O–H groups in total. The average Bonchev–Trinajstić information content (AvgIpc) is 3.21. The van der Waals surface area contributed by atoms with Crippen LogP contribution in [0.2, 0.25) is 0 Å². The van der Waals surface area contributed by atoms with Gasteiger partial charge in [-0.3, -0.25) is 9.97 Å². The standard InChI is InChI=1S/C30H19N3.Pt/c1-2-10-24-20-32-25(18-22(24)9-1)19-30-27-13-4-3-12-26(27)29(33-30)17-21-8-7-11-23(16-21)28-14-5-6-15-31-28;/h1-15,17-20H;/q-2;+2. The maximum Gasteiger partial charge on any atom is 2.00 e. The van der Waals surface area contributed by atoms with Crippen LogP contribution in [0.4, 0.5) is 0 Å². The molecule has 3 nitrogen and oxygen atoms in total. The quantitative estimate of drug-likeness (QED) is 0.267. The van der Waals surface area contributed by atoms with E-state index in [2.05, 4.69) is 58.5 Å². The Kier molecular flexibility index (Phi) is 6.20. The van der Waals surface area contributed by atoms with Crippen LogP contribution in [-0.2, 0) is 21.1 Å². The number of fused-ring (bicyclic) bond motifs is 2. The van der Waals surface area contributed by atoms with Crippen LogP contribution in [0.1, 0.15) is 11.3 Å². The Morgan fingerprint density at radius 2 is 1.41 bits per heavy atom. The molecular weight excluding hydrogens is 597 g/mol. The molecule has 0 amide bonds. The molecule has 0 bridgehead atoms. The van der Waals surface area contributed by atoms with Gasteiger partial charge < -0.3 is 4.98 Å². The predicted molar refractivity (Wildman–Crippen MR) is 134 cm³/mol. The van der Waals surface area contributed by atoms with Crippen molar-refractivity contribution in [3.63, 3.8) is 0 Å². The topological polar surface area (TPSA) is 39.9 Å². The van der Waals surface area contributed by atoms with Crippen molar-refractivity contribution in [2.75, 3.05) is 0 Å². The Labute approximate surface area is 211 Å². The molecule has 3 aromatic heterocycles. The van der Waals surface area contributed by atoms with Gasteiger partial charge in [-0.2, -0.15) is 5.35 Å². The Morgan fingerprint density at radius 1 is 0.676 bits per heavy atom. The van der Waals surface area contributed by atoms with Crippen LogP contribution in [-0.4, -0.2) is 9.97 Å². The fraction of sp³-hybridized carbons (Fsp3) is 0. The first kappa shape index (κ1) is 22.0. The third-order valence-electron chi connectivity index (χ3n) is 5.71. The second kappa shape index (κ2) is 9.59. The van der Waals surface area contributed by atoms with E-state index in [0.29, 0.717) is 0 Å². The summed E-state index contributed by atoms with van der Waals surface area (Å²) in [6.45, 7) is 0. The summed E-state index contributed by atoms with van der Waals surface area (Å²) in [4.78, 5) is 14.1. The summed E-state index contributed by atoms with van der Waals surface area (Å²) in [7, 11) is 0. The van der Waals surface area contributed by atoms with Gasteiger partial charge >= 0.3 is 21.1 Å². The van der Waals surface area contributed by atoms with Crippen LogP contribution in [0.5, 0.6) is 0 Å². The van der Waals surface area contributed by atoms with Gasteiger partial charge in [0.05, 0.1) is 5.69 Å². The zero-order valence-electron chi connectivity index (χ0n) is 18.1. The minimum atomic E-state index is 0. The van der Waals surface area contributed by atoms with Crippen LogP contribution < -0.4 is 15.7 Å². The summed E-state index contributed by atoms with van der Waals surface area (Å²) in [5, 5.41) is 6.36. The van der Waals surface area contributed by atoms with E-state index in [-0.39, 0.29) is 21.1 Å². The first-order valence-electron chi connectivity index (χ1n) is 10.9. The summed E-state index contributed by atoms with van der Waals surface area (Å²) >= 11 is 0. The van der Waals surface area contributed by atoms with Gasteiger partial charge in [0.25, 0.3) is 0 Å². The first-order chi connectivity index (χ1) is 16.3. The number of rotatable bonds is 3. The molecule has 0 fully saturated rings. The Bertz CT molecular complexity index is 1720. The van der Waals surface area contributed by atoms with E-state index < -0.39 is 0 Å². The number of hydrogen-bond donors (Lipinski definition) is 0. The number of nitrogens with zero attached hydrogens (tertiary/aromatic N) is 3. The third-order valence-corrected chi connectivity index (χ3v) is 5.71. The molecule has 0 aliphatic heterocycles. The maximum absolute atomic E-state index is 4.98. The van der Waals surface area contributed by atoms with E-state index in [0.717, 1.165) is 49.4 Å². The van der Waals surface area contributed by atoms with Crippen molar-refractivity contribution in [1.29, 1.82) is 0 Å². The van der Waals surface area contributed by atoms with Crippen molar-refractivity contribution >= 4 is 33.7 Å². The normalized spacial score (nSPS) is 12.2. The molecule has 0 saturated carbocycles. The van der Waals surface area contributed by atoms with E-state index in [4.69, 9.17) is 4.98 Å². The van der Waals surface area contributed by atoms with E-state index in [1.54, 1.807) is 6.20 Å². The van der Waals surface area contributed by atoms with Gasteiger partial charge in [-0.05, 0) is 28.3 Å². The number of aromatic nitrogens is 3. The molecule has 3 aromatic carbocycles. The smallest absolute Gasteiger partial charge is 0.663 e. The molecule has 4 heteroatoms. The third kappa shape index (κ3) is 4.35. The van der Waals surface area contributed by atoms with Crippen molar-refractivity contribution < 1.29 is 21.1 Å². The second-order valence-corrected chi connectivity index (χ2v) is 7.91. The number of benzene rings is 3. The van der Waals surface area contributed by atoms with Crippen molar-refractivity contribution in [3.05, 3.63) is 131 Å². The molecule has 34 heavy (non-hydrogen) atoms. The van der Waals surface area contributed by atoms with Gasteiger partial charge in [0, 0.05) is 23.5 Å². The van der Waals surface area contributed by atoms with E-state index in [1.807, 2.05) is 66.9 Å². The second-order valence-electron chi connectivity index (χ2n) is 7.91. The molecule has 6 aromatic rings. The van der Waals surface area contributed by atoms with E-state index in [1.165, 1.54) is 5.39 Å². The van der Waals surface area contributed by atoms with Crippen LogP contribution in [0.25, 0.3) is 45.0 Å². The van der Waals surface area contributed by atoms with Crippen LogP contribution >= 0.6 is 0 Å². The first-order valence-corrected chi connectivity index (χ1v) is 10.9. The van der Waals surface area contributed by atoms with Crippen molar-refractivity contribution in [2.45, 2.75) is 0 Å². The molecule has 0 aliphatic rings. The average molecular weight is 617 g/mol. The van der Waals surface area contributed by atoms with Gasteiger partial charge in [0.2, 0.25) is 0 Å². The minimum absolute atomic E-state index is 0. The van der Waals surface area contributed by atoms with Crippen molar-refractivity contribution in [1.82, 2.24) is 15.0 Å². The molecule has 3 heterocycles. The SMILES string of the molecule is [Pt+2].[c-]1c(C=c2[n-]c(=Cc3cc4ccccc4cn3)c3ccccc23)cccc1-c1ccccn1. The summed E-state index contributed by atoms with van der Waals surface area (Å²) in [5.41, 5.74) is 3.74. The summed E-state index contributed by atoms with van der Waals surface area (Å²) in [6.07, 6.45) is 7.85. The summed E-state index contributed by atoms with van der Waals surface area (Å²) in [6, 6.07) is 34.2. The zero-order chi connectivity index (χ0) is 22.0. The fourth-order valence-corrected chi connectivity index (χ4v) is 4.11.